The highest BCUT2D eigenvalue weighted by Gasteiger charge is 2.31. The first-order valence-electron chi connectivity index (χ1n) is 8.22. The van der Waals surface area contributed by atoms with E-state index < -0.39 is 23.5 Å². The number of alkyl halides is 3. The van der Waals surface area contributed by atoms with Gasteiger partial charge in [0.1, 0.15) is 5.82 Å². The molecule has 0 saturated carbocycles. The summed E-state index contributed by atoms with van der Waals surface area (Å²) in [5, 5.41) is 0. The number of halogens is 4. The predicted molar refractivity (Wildman–Crippen MR) is 92.9 cm³/mol. The lowest BCUT2D eigenvalue weighted by Gasteiger charge is -2.18. The molecule has 0 bridgehead atoms. The Kier molecular flexibility index (Phi) is 5.35. The molecule has 1 atom stereocenters. The number of Topliss-reactive ketones (excluding diaryl/α,β-unsaturated/α-hetero) is 1. The number of benzene rings is 2. The number of rotatable bonds is 5. The molecule has 2 nitrogen and oxygen atoms in total. The minimum Gasteiger partial charge on any atom is -0.294 e. The standard InChI is InChI=1S/C21H15F4NO/c22-18-7-4-12-26-20(18)17(13-19(27)15-5-2-1-3-6-15)14-8-10-16(11-9-14)21(23,24)25/h1-12,17H,13H2/t17-/m0/s1. The summed E-state index contributed by atoms with van der Waals surface area (Å²) < 4.78 is 52.7. The summed E-state index contributed by atoms with van der Waals surface area (Å²) in [6.45, 7) is 0. The number of ketones is 1. The molecule has 0 aliphatic rings. The lowest BCUT2D eigenvalue weighted by Crippen LogP contribution is -2.13. The van der Waals surface area contributed by atoms with Gasteiger partial charge in [-0.25, -0.2) is 4.39 Å². The van der Waals surface area contributed by atoms with Gasteiger partial charge in [0, 0.05) is 24.1 Å². The smallest absolute Gasteiger partial charge is 0.294 e. The van der Waals surface area contributed by atoms with Gasteiger partial charge in [0.25, 0.3) is 0 Å². The van der Waals surface area contributed by atoms with Crippen LogP contribution in [0.3, 0.4) is 0 Å². The molecule has 138 valence electrons. The maximum atomic E-state index is 14.3. The van der Waals surface area contributed by atoms with Crippen molar-refractivity contribution in [1.82, 2.24) is 4.98 Å². The number of hydrogen-bond acceptors (Lipinski definition) is 2. The van der Waals surface area contributed by atoms with Crippen molar-refractivity contribution >= 4 is 5.78 Å². The van der Waals surface area contributed by atoms with E-state index in [1.807, 2.05) is 0 Å². The minimum atomic E-state index is -4.47. The van der Waals surface area contributed by atoms with Crippen LogP contribution in [0.25, 0.3) is 0 Å². The minimum absolute atomic E-state index is 0.0292. The summed E-state index contributed by atoms with van der Waals surface area (Å²) in [6.07, 6.45) is -3.18. The number of carbonyl (C=O) groups is 1. The van der Waals surface area contributed by atoms with Crippen molar-refractivity contribution < 1.29 is 22.4 Å². The molecular weight excluding hydrogens is 358 g/mol. The van der Waals surface area contributed by atoms with Crippen LogP contribution < -0.4 is 0 Å². The SMILES string of the molecule is O=C(C[C@@H](c1ccc(C(F)(F)F)cc1)c1ncccc1F)c1ccccc1. The number of aromatic nitrogens is 1. The molecular formula is C21H15F4NO. The van der Waals surface area contributed by atoms with Crippen LogP contribution in [0.15, 0.2) is 72.9 Å². The molecule has 3 aromatic rings. The fraction of sp³-hybridized carbons (Fsp3) is 0.143. The molecule has 0 aliphatic carbocycles. The Morgan fingerprint density at radius 1 is 0.926 bits per heavy atom. The van der Waals surface area contributed by atoms with Crippen LogP contribution in [0.4, 0.5) is 17.6 Å². The zero-order chi connectivity index (χ0) is 19.4. The average molecular weight is 373 g/mol. The van der Waals surface area contributed by atoms with E-state index in [4.69, 9.17) is 0 Å². The van der Waals surface area contributed by atoms with Crippen molar-refractivity contribution in [3.8, 4) is 0 Å². The second-order valence-corrected chi connectivity index (χ2v) is 6.04. The third-order valence-corrected chi connectivity index (χ3v) is 4.24. The average Bonchev–Trinajstić information content (AvgIpc) is 2.67. The van der Waals surface area contributed by atoms with Gasteiger partial charge < -0.3 is 0 Å². The van der Waals surface area contributed by atoms with Gasteiger partial charge in [-0.05, 0) is 29.8 Å². The van der Waals surface area contributed by atoms with Crippen LogP contribution in [0.1, 0.15) is 39.5 Å². The second kappa shape index (κ2) is 7.70. The molecule has 1 heterocycles. The molecule has 0 spiro atoms. The first kappa shape index (κ1) is 18.8. The predicted octanol–water partition coefficient (Wildman–Crippen LogP) is 5.64. The summed E-state index contributed by atoms with van der Waals surface area (Å²) in [4.78, 5) is 16.6. The lowest BCUT2D eigenvalue weighted by molar-refractivity contribution is -0.137. The fourth-order valence-electron chi connectivity index (χ4n) is 2.86. The molecule has 6 heteroatoms. The van der Waals surface area contributed by atoms with Crippen LogP contribution in [-0.2, 0) is 6.18 Å². The molecule has 2 aromatic carbocycles. The molecule has 1 aromatic heterocycles. The van der Waals surface area contributed by atoms with Crippen molar-refractivity contribution in [2.45, 2.75) is 18.5 Å². The summed E-state index contributed by atoms with van der Waals surface area (Å²) in [6, 6.07) is 15.5. The van der Waals surface area contributed by atoms with Gasteiger partial charge in [0.15, 0.2) is 5.78 Å². The van der Waals surface area contributed by atoms with E-state index in [1.165, 1.54) is 30.5 Å². The Balaban J connectivity index is 1.98. The zero-order valence-corrected chi connectivity index (χ0v) is 14.1. The Morgan fingerprint density at radius 2 is 1.59 bits per heavy atom. The van der Waals surface area contributed by atoms with Gasteiger partial charge in [0.2, 0.25) is 0 Å². The van der Waals surface area contributed by atoms with Crippen molar-refractivity contribution in [3.05, 3.63) is 101 Å². The molecule has 0 amide bonds. The van der Waals surface area contributed by atoms with Gasteiger partial charge in [-0.2, -0.15) is 13.2 Å². The molecule has 0 fully saturated rings. The summed E-state index contributed by atoms with van der Waals surface area (Å²) >= 11 is 0. The van der Waals surface area contributed by atoms with Crippen molar-refractivity contribution in [1.29, 1.82) is 0 Å². The van der Waals surface area contributed by atoms with E-state index in [0.29, 0.717) is 11.1 Å². The highest BCUT2D eigenvalue weighted by Crippen LogP contribution is 2.33. The van der Waals surface area contributed by atoms with Gasteiger partial charge in [-0.3, -0.25) is 9.78 Å². The number of hydrogen-bond donors (Lipinski definition) is 0. The Morgan fingerprint density at radius 3 is 2.19 bits per heavy atom. The first-order valence-corrected chi connectivity index (χ1v) is 8.22. The normalized spacial score (nSPS) is 12.6. The van der Waals surface area contributed by atoms with E-state index >= 15 is 0 Å². The Bertz CT molecular complexity index is 921. The van der Waals surface area contributed by atoms with Gasteiger partial charge in [0.05, 0.1) is 11.3 Å². The summed E-state index contributed by atoms with van der Waals surface area (Å²) in [5.74, 6) is -1.64. The molecule has 0 unspecified atom stereocenters. The van der Waals surface area contributed by atoms with E-state index in [2.05, 4.69) is 4.98 Å². The Hall–Kier alpha value is -3.02. The molecule has 0 aliphatic heterocycles. The van der Waals surface area contributed by atoms with Crippen molar-refractivity contribution in [3.63, 3.8) is 0 Å². The molecule has 0 saturated heterocycles. The lowest BCUT2D eigenvalue weighted by atomic mass is 9.88. The maximum Gasteiger partial charge on any atom is 0.416 e. The highest BCUT2D eigenvalue weighted by molar-refractivity contribution is 5.96. The third kappa shape index (κ3) is 4.39. The molecule has 27 heavy (non-hydrogen) atoms. The second-order valence-electron chi connectivity index (χ2n) is 6.04. The highest BCUT2D eigenvalue weighted by atomic mass is 19.4. The molecule has 0 radical (unpaired) electrons. The van der Waals surface area contributed by atoms with Gasteiger partial charge in [-0.1, -0.05) is 42.5 Å². The number of carbonyl (C=O) groups excluding carboxylic acids is 1. The third-order valence-electron chi connectivity index (χ3n) is 4.24. The van der Waals surface area contributed by atoms with Gasteiger partial charge in [-0.15, -0.1) is 0 Å². The van der Waals surface area contributed by atoms with Crippen LogP contribution in [0.5, 0.6) is 0 Å². The first-order chi connectivity index (χ1) is 12.9. The number of pyridine rings is 1. The fourth-order valence-corrected chi connectivity index (χ4v) is 2.86. The maximum absolute atomic E-state index is 14.3. The molecule has 0 N–H and O–H groups in total. The summed E-state index contributed by atoms with van der Waals surface area (Å²) in [5.41, 5.74) is 0.0676. The molecule has 3 rings (SSSR count). The van der Waals surface area contributed by atoms with Crippen molar-refractivity contribution in [2.75, 3.05) is 0 Å². The quantitative estimate of drug-likeness (QED) is 0.428. The van der Waals surface area contributed by atoms with Crippen LogP contribution >= 0.6 is 0 Å². The van der Waals surface area contributed by atoms with Crippen LogP contribution in [-0.4, -0.2) is 10.8 Å². The van der Waals surface area contributed by atoms with Crippen LogP contribution in [0, 0.1) is 5.82 Å². The van der Waals surface area contributed by atoms with Crippen molar-refractivity contribution in [2.24, 2.45) is 0 Å². The monoisotopic (exact) mass is 373 g/mol. The topological polar surface area (TPSA) is 30.0 Å². The van der Waals surface area contributed by atoms with Crippen LogP contribution in [0.2, 0.25) is 0 Å². The number of nitrogens with zero attached hydrogens (tertiary/aromatic N) is 1. The zero-order valence-electron chi connectivity index (χ0n) is 14.1. The van der Waals surface area contributed by atoms with E-state index in [1.54, 1.807) is 30.3 Å². The Labute approximate surface area is 153 Å². The van der Waals surface area contributed by atoms with Gasteiger partial charge >= 0.3 is 6.18 Å². The van der Waals surface area contributed by atoms with E-state index in [0.717, 1.165) is 12.1 Å². The van der Waals surface area contributed by atoms with E-state index in [9.17, 15) is 22.4 Å². The van der Waals surface area contributed by atoms with E-state index in [-0.39, 0.29) is 17.9 Å². The summed E-state index contributed by atoms with van der Waals surface area (Å²) in [7, 11) is 0. The largest absolute Gasteiger partial charge is 0.416 e.